The van der Waals surface area contributed by atoms with Gasteiger partial charge in [0.05, 0.1) is 22.2 Å². The van der Waals surface area contributed by atoms with Crippen molar-refractivity contribution < 1.29 is 45.3 Å². The van der Waals surface area contributed by atoms with E-state index in [1.165, 1.54) is 68.0 Å². The molecule has 5 aromatic rings. The second-order valence-electron chi connectivity index (χ2n) is 10.9. The molecular weight excluding hydrogens is 654 g/mol. The van der Waals surface area contributed by atoms with Gasteiger partial charge in [-0.05, 0) is 67.4 Å². The van der Waals surface area contributed by atoms with Crippen LogP contribution in [0, 0.1) is 12.7 Å². The Hall–Kier alpha value is -4.24. The Kier molecular flexibility index (Phi) is 8.53. The number of ether oxygens (including phenoxy) is 1. The van der Waals surface area contributed by atoms with Crippen LogP contribution in [0.5, 0.6) is 5.75 Å². The molecule has 0 spiro atoms. The SMILES string of the molecule is Cc1nc(-c2ccc(OC(F)(F)F)cc2)c(-c2cc(-c3ccc(CO)c(F)c3)cc(S(C)(=O)=O)c2-n2cc(Cl)c(C(C)(C)O)n2)o1. The summed E-state index contributed by atoms with van der Waals surface area (Å²) in [6.45, 7) is 3.86. The fourth-order valence-corrected chi connectivity index (χ4v) is 6.08. The maximum Gasteiger partial charge on any atom is 0.573 e. The third-order valence-corrected chi connectivity index (χ3v) is 8.24. The summed E-state index contributed by atoms with van der Waals surface area (Å²) in [5, 5.41) is 24.5. The first-order chi connectivity index (χ1) is 21.4. The lowest BCUT2D eigenvalue weighted by Crippen LogP contribution is -2.17. The first-order valence-electron chi connectivity index (χ1n) is 13.5. The largest absolute Gasteiger partial charge is 0.573 e. The van der Waals surface area contributed by atoms with E-state index >= 15 is 0 Å². The molecule has 0 amide bonds. The topological polar surface area (TPSA) is 128 Å². The van der Waals surface area contributed by atoms with Gasteiger partial charge in [-0.1, -0.05) is 23.7 Å². The number of hydrogen-bond acceptors (Lipinski definition) is 8. The molecule has 0 radical (unpaired) electrons. The third kappa shape index (κ3) is 6.79. The highest BCUT2D eigenvalue weighted by atomic mass is 35.5. The van der Waals surface area contributed by atoms with Crippen LogP contribution < -0.4 is 4.74 Å². The minimum Gasteiger partial charge on any atom is -0.440 e. The summed E-state index contributed by atoms with van der Waals surface area (Å²) in [6, 6.07) is 11.6. The van der Waals surface area contributed by atoms with E-state index in [1.807, 2.05) is 0 Å². The fourth-order valence-electron chi connectivity index (χ4n) is 4.82. The molecule has 5 rings (SSSR count). The van der Waals surface area contributed by atoms with Crippen molar-refractivity contribution in [2.75, 3.05) is 6.26 Å². The van der Waals surface area contributed by atoms with Gasteiger partial charge in [-0.3, -0.25) is 0 Å². The van der Waals surface area contributed by atoms with E-state index in [0.29, 0.717) is 5.56 Å². The highest BCUT2D eigenvalue weighted by molar-refractivity contribution is 7.90. The normalized spacial score (nSPS) is 12.5. The zero-order valence-electron chi connectivity index (χ0n) is 24.6. The molecule has 15 heteroatoms. The molecule has 0 unspecified atom stereocenters. The molecule has 0 aliphatic carbocycles. The summed E-state index contributed by atoms with van der Waals surface area (Å²) in [6.07, 6.45) is -2.64. The Morgan fingerprint density at radius 3 is 2.22 bits per heavy atom. The van der Waals surface area contributed by atoms with Crippen molar-refractivity contribution in [3.05, 3.63) is 88.8 Å². The second kappa shape index (κ2) is 11.8. The Morgan fingerprint density at radius 2 is 1.67 bits per heavy atom. The highest BCUT2D eigenvalue weighted by Gasteiger charge is 2.32. The van der Waals surface area contributed by atoms with Crippen LogP contribution in [-0.2, 0) is 22.0 Å². The van der Waals surface area contributed by atoms with Crippen LogP contribution in [0.3, 0.4) is 0 Å². The zero-order chi connectivity index (χ0) is 33.8. The predicted octanol–water partition coefficient (Wildman–Crippen LogP) is 6.98. The summed E-state index contributed by atoms with van der Waals surface area (Å²) in [7, 11) is -4.08. The summed E-state index contributed by atoms with van der Waals surface area (Å²) in [5.74, 6) is -1.06. The average Bonchev–Trinajstić information content (AvgIpc) is 3.54. The van der Waals surface area contributed by atoms with Crippen LogP contribution >= 0.6 is 11.6 Å². The van der Waals surface area contributed by atoms with Crippen LogP contribution in [-0.4, -0.2) is 46.0 Å². The van der Waals surface area contributed by atoms with E-state index in [-0.39, 0.29) is 60.9 Å². The number of sulfone groups is 1. The predicted molar refractivity (Wildman–Crippen MR) is 161 cm³/mol. The molecule has 0 aliphatic heterocycles. The summed E-state index contributed by atoms with van der Waals surface area (Å²) in [4.78, 5) is 4.15. The van der Waals surface area contributed by atoms with E-state index in [0.717, 1.165) is 24.5 Å². The van der Waals surface area contributed by atoms with Crippen LogP contribution in [0.1, 0.15) is 31.0 Å². The van der Waals surface area contributed by atoms with Gasteiger partial charge in [0.15, 0.2) is 21.5 Å². The fraction of sp³-hybridized carbons (Fsp3) is 0.226. The van der Waals surface area contributed by atoms with E-state index in [4.69, 9.17) is 16.0 Å². The molecule has 242 valence electrons. The van der Waals surface area contributed by atoms with E-state index in [9.17, 15) is 36.2 Å². The number of alkyl halides is 3. The molecule has 2 N–H and O–H groups in total. The molecule has 0 fully saturated rings. The highest BCUT2D eigenvalue weighted by Crippen LogP contribution is 2.43. The lowest BCUT2D eigenvalue weighted by molar-refractivity contribution is -0.274. The van der Waals surface area contributed by atoms with Crippen molar-refractivity contribution in [1.29, 1.82) is 0 Å². The number of aliphatic hydroxyl groups excluding tert-OH is 1. The van der Waals surface area contributed by atoms with Gasteiger partial charge >= 0.3 is 6.36 Å². The molecular formula is C31H26ClF4N3O6S. The third-order valence-electron chi connectivity index (χ3n) is 6.85. The number of aliphatic hydroxyl groups is 2. The molecule has 0 saturated carbocycles. The van der Waals surface area contributed by atoms with E-state index in [1.54, 1.807) is 0 Å². The van der Waals surface area contributed by atoms with Crippen molar-refractivity contribution in [1.82, 2.24) is 14.8 Å². The molecule has 2 heterocycles. The van der Waals surface area contributed by atoms with Crippen LogP contribution in [0.2, 0.25) is 5.02 Å². The number of halogens is 5. The molecule has 0 bridgehead atoms. The minimum atomic E-state index is -4.91. The lowest BCUT2D eigenvalue weighted by Gasteiger charge is -2.18. The van der Waals surface area contributed by atoms with Crippen LogP contribution in [0.4, 0.5) is 17.6 Å². The first kappa shape index (κ1) is 33.1. The Morgan fingerprint density at radius 1 is 1.02 bits per heavy atom. The minimum absolute atomic E-state index is 0.00706. The monoisotopic (exact) mass is 679 g/mol. The van der Waals surface area contributed by atoms with Crippen molar-refractivity contribution in [3.8, 4) is 45.1 Å². The maximum atomic E-state index is 14.8. The summed E-state index contributed by atoms with van der Waals surface area (Å²) < 4.78 is 91.0. The smallest absolute Gasteiger partial charge is 0.440 e. The number of aryl methyl sites for hydroxylation is 1. The molecule has 2 aromatic heterocycles. The van der Waals surface area contributed by atoms with Crippen molar-refractivity contribution in [3.63, 3.8) is 0 Å². The van der Waals surface area contributed by atoms with Gasteiger partial charge < -0.3 is 19.4 Å². The van der Waals surface area contributed by atoms with Gasteiger partial charge in [0.2, 0.25) is 0 Å². The number of oxazole rings is 1. The summed E-state index contributed by atoms with van der Waals surface area (Å²) in [5.41, 5.74) is -0.479. The molecule has 0 atom stereocenters. The summed E-state index contributed by atoms with van der Waals surface area (Å²) >= 11 is 6.43. The first-order valence-corrected chi connectivity index (χ1v) is 15.7. The Bertz CT molecular complexity index is 2050. The van der Waals surface area contributed by atoms with Gasteiger partial charge in [-0.15, -0.1) is 13.2 Å². The van der Waals surface area contributed by atoms with Gasteiger partial charge in [0, 0.05) is 36.1 Å². The maximum absolute atomic E-state index is 14.8. The molecule has 0 aliphatic rings. The Labute approximate surface area is 265 Å². The zero-order valence-corrected chi connectivity index (χ0v) is 26.2. The van der Waals surface area contributed by atoms with Crippen molar-refractivity contribution in [2.24, 2.45) is 0 Å². The lowest BCUT2D eigenvalue weighted by atomic mass is 9.97. The van der Waals surface area contributed by atoms with Crippen molar-refractivity contribution in [2.45, 2.75) is 44.2 Å². The molecule has 0 saturated heterocycles. The number of rotatable bonds is 8. The second-order valence-corrected chi connectivity index (χ2v) is 13.3. The Balaban J connectivity index is 1.84. The van der Waals surface area contributed by atoms with Gasteiger partial charge in [0.25, 0.3) is 0 Å². The van der Waals surface area contributed by atoms with Crippen LogP contribution in [0.25, 0.3) is 39.4 Å². The molecule has 46 heavy (non-hydrogen) atoms. The van der Waals surface area contributed by atoms with Gasteiger partial charge in [0.1, 0.15) is 28.6 Å². The average molecular weight is 680 g/mol. The quantitative estimate of drug-likeness (QED) is 0.168. The van der Waals surface area contributed by atoms with Crippen molar-refractivity contribution >= 4 is 21.4 Å². The van der Waals surface area contributed by atoms with E-state index in [2.05, 4.69) is 14.8 Å². The number of hydrogen-bond donors (Lipinski definition) is 2. The van der Waals surface area contributed by atoms with E-state index < -0.39 is 40.0 Å². The van der Waals surface area contributed by atoms with Crippen LogP contribution in [0.15, 0.2) is 70.1 Å². The number of benzene rings is 3. The number of nitrogens with zero attached hydrogens (tertiary/aromatic N) is 3. The molecule has 3 aromatic carbocycles. The standard InChI is InChI=1S/C31H26ClF4N3O6S/c1-16-37-26(17-7-9-21(10-8-17)45-31(34,35)36)28(44-16)22-11-20(18-5-6-19(15-40)24(33)12-18)13-25(46(4,42)43)27(22)39-14-23(32)29(38-39)30(2,3)41/h5-14,40-41H,15H2,1-4H3. The number of aromatic nitrogens is 3. The van der Waals surface area contributed by atoms with Gasteiger partial charge in [-0.2, -0.15) is 5.10 Å². The molecule has 9 nitrogen and oxygen atoms in total. The van der Waals surface area contributed by atoms with Gasteiger partial charge in [-0.25, -0.2) is 22.5 Å².